The molecule has 0 bridgehead atoms. The molecular weight excluding hydrogens is 351 g/mol. The number of likely N-dealkylation sites (tertiary alicyclic amines) is 1. The zero-order valence-electron chi connectivity index (χ0n) is 13.5. The maximum absolute atomic E-state index is 13.3. The van der Waals surface area contributed by atoms with Gasteiger partial charge < -0.3 is 4.90 Å². The Morgan fingerprint density at radius 2 is 1.92 bits per heavy atom. The molecule has 1 aliphatic rings. The Morgan fingerprint density at radius 1 is 1.23 bits per heavy atom. The van der Waals surface area contributed by atoms with Gasteiger partial charge in [-0.25, -0.2) is 18.2 Å². The number of nitrogens with zero attached hydrogens (tertiary/aromatic N) is 3. The SMILES string of the molecule is O=C(Cc1nc(-c2ccc(F)cc2)ccc1[N+](=O)[O-])N1CCC(F)(F)C1. The summed E-state index contributed by atoms with van der Waals surface area (Å²) >= 11 is 0. The zero-order valence-corrected chi connectivity index (χ0v) is 13.5. The lowest BCUT2D eigenvalue weighted by Crippen LogP contribution is -2.32. The maximum atomic E-state index is 13.3. The molecule has 1 saturated heterocycles. The summed E-state index contributed by atoms with van der Waals surface area (Å²) in [5, 5.41) is 11.2. The van der Waals surface area contributed by atoms with E-state index in [0.717, 1.165) is 4.90 Å². The van der Waals surface area contributed by atoms with Gasteiger partial charge >= 0.3 is 0 Å². The Balaban J connectivity index is 1.88. The number of benzene rings is 1. The predicted octanol–water partition coefficient (Wildman–Crippen LogP) is 3.21. The monoisotopic (exact) mass is 365 g/mol. The third-order valence-electron chi connectivity index (χ3n) is 4.13. The van der Waals surface area contributed by atoms with E-state index in [0.29, 0.717) is 11.3 Å². The van der Waals surface area contributed by atoms with Gasteiger partial charge in [0.1, 0.15) is 11.5 Å². The molecule has 0 unspecified atom stereocenters. The average Bonchev–Trinajstić information content (AvgIpc) is 2.95. The highest BCUT2D eigenvalue weighted by Crippen LogP contribution is 2.28. The number of pyridine rings is 1. The molecule has 0 radical (unpaired) electrons. The molecule has 1 aromatic heterocycles. The van der Waals surface area contributed by atoms with Gasteiger partial charge in [-0.3, -0.25) is 14.9 Å². The molecule has 0 N–H and O–H groups in total. The smallest absolute Gasteiger partial charge is 0.291 e. The van der Waals surface area contributed by atoms with Gasteiger partial charge in [0.05, 0.1) is 23.6 Å². The number of hydrogen-bond donors (Lipinski definition) is 0. The number of carbonyl (C=O) groups is 1. The topological polar surface area (TPSA) is 76.3 Å². The van der Waals surface area contributed by atoms with Crippen LogP contribution >= 0.6 is 0 Å². The summed E-state index contributed by atoms with van der Waals surface area (Å²) < 4.78 is 39.6. The number of amides is 1. The van der Waals surface area contributed by atoms with Crippen LogP contribution in [-0.2, 0) is 11.2 Å². The summed E-state index contributed by atoms with van der Waals surface area (Å²) in [5.41, 5.74) is 0.361. The van der Waals surface area contributed by atoms with Gasteiger partial charge in [0, 0.05) is 24.6 Å². The second-order valence-electron chi connectivity index (χ2n) is 6.02. The van der Waals surface area contributed by atoms with Crippen LogP contribution < -0.4 is 0 Å². The molecule has 0 spiro atoms. The van der Waals surface area contributed by atoms with Gasteiger partial charge in [-0.1, -0.05) is 0 Å². The fourth-order valence-electron chi connectivity index (χ4n) is 2.78. The molecule has 1 fully saturated rings. The molecule has 3 rings (SSSR count). The summed E-state index contributed by atoms with van der Waals surface area (Å²) in [5.74, 6) is -4.03. The Labute approximate surface area is 146 Å². The molecule has 0 saturated carbocycles. The minimum atomic E-state index is -2.94. The van der Waals surface area contributed by atoms with E-state index in [1.165, 1.54) is 36.4 Å². The van der Waals surface area contributed by atoms with Crippen molar-refractivity contribution in [1.82, 2.24) is 9.88 Å². The van der Waals surface area contributed by atoms with E-state index in [-0.39, 0.29) is 17.9 Å². The Hall–Kier alpha value is -2.97. The normalized spacial score (nSPS) is 15.9. The first kappa shape index (κ1) is 17.8. The number of alkyl halides is 2. The van der Waals surface area contributed by atoms with Crippen LogP contribution in [0.4, 0.5) is 18.9 Å². The highest BCUT2D eigenvalue weighted by Gasteiger charge is 2.40. The minimum Gasteiger partial charge on any atom is -0.336 e. The minimum absolute atomic E-state index is 0.0999. The summed E-state index contributed by atoms with van der Waals surface area (Å²) in [7, 11) is 0. The Kier molecular flexibility index (Phi) is 4.62. The standard InChI is InChI=1S/C17H14F3N3O3/c18-12-3-1-11(2-4-12)13-5-6-15(23(25)26)14(21-13)9-16(24)22-8-7-17(19,20)10-22/h1-6H,7-10H2. The second-order valence-corrected chi connectivity index (χ2v) is 6.02. The first-order valence-corrected chi connectivity index (χ1v) is 7.81. The van der Waals surface area contributed by atoms with Crippen molar-refractivity contribution in [3.8, 4) is 11.3 Å². The Morgan fingerprint density at radius 3 is 2.50 bits per heavy atom. The first-order chi connectivity index (χ1) is 12.2. The molecule has 6 nitrogen and oxygen atoms in total. The quantitative estimate of drug-likeness (QED) is 0.616. The number of aromatic nitrogens is 1. The van der Waals surface area contributed by atoms with Gasteiger partial charge in [-0.15, -0.1) is 0 Å². The lowest BCUT2D eigenvalue weighted by atomic mass is 10.1. The van der Waals surface area contributed by atoms with Crippen molar-refractivity contribution in [2.45, 2.75) is 18.8 Å². The third kappa shape index (κ3) is 3.81. The summed E-state index contributed by atoms with van der Waals surface area (Å²) in [6.45, 7) is -0.797. The fourth-order valence-corrected chi connectivity index (χ4v) is 2.78. The molecule has 9 heteroatoms. The van der Waals surface area contributed by atoms with Crippen LogP contribution in [0.15, 0.2) is 36.4 Å². The summed E-state index contributed by atoms with van der Waals surface area (Å²) in [4.78, 5) is 27.9. The number of hydrogen-bond acceptors (Lipinski definition) is 4. The van der Waals surface area contributed by atoms with Crippen LogP contribution in [0.2, 0.25) is 0 Å². The number of carbonyl (C=O) groups excluding carboxylic acids is 1. The summed E-state index contributed by atoms with van der Waals surface area (Å²) in [6.07, 6.45) is -0.884. The van der Waals surface area contributed by atoms with Crippen LogP contribution in [-0.4, -0.2) is 39.7 Å². The van der Waals surface area contributed by atoms with Crippen LogP contribution in [0.1, 0.15) is 12.1 Å². The average molecular weight is 365 g/mol. The van der Waals surface area contributed by atoms with Crippen LogP contribution in [0, 0.1) is 15.9 Å². The van der Waals surface area contributed by atoms with E-state index in [1.54, 1.807) is 0 Å². The molecule has 1 aromatic carbocycles. The third-order valence-corrected chi connectivity index (χ3v) is 4.13. The first-order valence-electron chi connectivity index (χ1n) is 7.81. The zero-order chi connectivity index (χ0) is 18.9. The fraction of sp³-hybridized carbons (Fsp3) is 0.294. The van der Waals surface area contributed by atoms with E-state index in [1.807, 2.05) is 0 Å². The van der Waals surface area contributed by atoms with Crippen molar-refractivity contribution in [1.29, 1.82) is 0 Å². The highest BCUT2D eigenvalue weighted by atomic mass is 19.3. The predicted molar refractivity (Wildman–Crippen MR) is 86.1 cm³/mol. The van der Waals surface area contributed by atoms with Crippen molar-refractivity contribution in [2.24, 2.45) is 0 Å². The highest BCUT2D eigenvalue weighted by molar-refractivity contribution is 5.80. The molecule has 1 aliphatic heterocycles. The van der Waals surface area contributed by atoms with Crippen molar-refractivity contribution in [2.75, 3.05) is 13.1 Å². The molecule has 2 heterocycles. The number of nitro groups is 1. The van der Waals surface area contributed by atoms with Crippen LogP contribution in [0.3, 0.4) is 0 Å². The van der Waals surface area contributed by atoms with E-state index in [2.05, 4.69) is 4.98 Å². The van der Waals surface area contributed by atoms with Gasteiger partial charge in [-0.2, -0.15) is 0 Å². The molecule has 1 amide bonds. The van der Waals surface area contributed by atoms with Crippen LogP contribution in [0.25, 0.3) is 11.3 Å². The van der Waals surface area contributed by atoms with Crippen molar-refractivity contribution in [3.63, 3.8) is 0 Å². The molecular formula is C17H14F3N3O3. The number of halogens is 3. The van der Waals surface area contributed by atoms with Crippen LogP contribution in [0.5, 0.6) is 0 Å². The van der Waals surface area contributed by atoms with Gasteiger partial charge in [0.15, 0.2) is 0 Å². The maximum Gasteiger partial charge on any atom is 0.291 e. The van der Waals surface area contributed by atoms with Gasteiger partial charge in [0.25, 0.3) is 11.6 Å². The van der Waals surface area contributed by atoms with E-state index in [9.17, 15) is 28.1 Å². The van der Waals surface area contributed by atoms with E-state index < -0.39 is 42.0 Å². The lowest BCUT2D eigenvalue weighted by Gasteiger charge is -2.16. The second kappa shape index (κ2) is 6.74. The Bertz CT molecular complexity index is 856. The molecule has 2 aromatic rings. The van der Waals surface area contributed by atoms with Crippen molar-refractivity contribution >= 4 is 11.6 Å². The molecule has 136 valence electrons. The number of rotatable bonds is 4. The molecule has 0 atom stereocenters. The lowest BCUT2D eigenvalue weighted by molar-refractivity contribution is -0.385. The van der Waals surface area contributed by atoms with Gasteiger partial charge in [0.2, 0.25) is 5.91 Å². The van der Waals surface area contributed by atoms with E-state index >= 15 is 0 Å². The van der Waals surface area contributed by atoms with Crippen molar-refractivity contribution in [3.05, 3.63) is 58.0 Å². The summed E-state index contributed by atoms with van der Waals surface area (Å²) in [6, 6.07) is 7.94. The molecule has 26 heavy (non-hydrogen) atoms. The van der Waals surface area contributed by atoms with Gasteiger partial charge in [-0.05, 0) is 30.3 Å². The largest absolute Gasteiger partial charge is 0.336 e. The molecule has 0 aliphatic carbocycles. The van der Waals surface area contributed by atoms with Crippen molar-refractivity contribution < 1.29 is 22.9 Å². The van der Waals surface area contributed by atoms with E-state index in [4.69, 9.17) is 0 Å².